The van der Waals surface area contributed by atoms with Crippen LogP contribution in [0.15, 0.2) is 11.4 Å². The first-order chi connectivity index (χ1) is 8.85. The normalized spacial score (nSPS) is 19.2. The Morgan fingerprint density at radius 2 is 2.28 bits per heavy atom. The highest BCUT2D eigenvalue weighted by molar-refractivity contribution is 7.10. The zero-order valence-electron chi connectivity index (χ0n) is 11.7. The molecule has 18 heavy (non-hydrogen) atoms. The summed E-state index contributed by atoms with van der Waals surface area (Å²) in [5.74, 6) is 0. The van der Waals surface area contributed by atoms with Crippen molar-refractivity contribution in [1.29, 1.82) is 0 Å². The lowest BCUT2D eigenvalue weighted by molar-refractivity contribution is 0.280. The van der Waals surface area contributed by atoms with Crippen molar-refractivity contribution in [3.05, 3.63) is 21.9 Å². The van der Waals surface area contributed by atoms with Crippen molar-refractivity contribution in [3.8, 4) is 0 Å². The van der Waals surface area contributed by atoms with Crippen molar-refractivity contribution in [1.82, 2.24) is 10.2 Å². The second-order valence-electron chi connectivity index (χ2n) is 5.13. The van der Waals surface area contributed by atoms with Crippen LogP contribution < -0.4 is 5.32 Å². The van der Waals surface area contributed by atoms with Crippen molar-refractivity contribution in [3.63, 3.8) is 0 Å². The van der Waals surface area contributed by atoms with Crippen LogP contribution in [0, 0.1) is 0 Å². The smallest absolute Gasteiger partial charge is 0.0331 e. The van der Waals surface area contributed by atoms with Gasteiger partial charge in [0, 0.05) is 24.0 Å². The third kappa shape index (κ3) is 3.56. The first kappa shape index (κ1) is 14.0. The Hall–Kier alpha value is -0.380. The Kier molecular flexibility index (Phi) is 5.67. The Bertz CT molecular complexity index is 348. The summed E-state index contributed by atoms with van der Waals surface area (Å²) in [6.07, 6.45) is 5.20. The van der Waals surface area contributed by atoms with Crippen LogP contribution in [-0.4, -0.2) is 31.1 Å². The van der Waals surface area contributed by atoms with Gasteiger partial charge in [-0.1, -0.05) is 13.8 Å². The number of likely N-dealkylation sites (N-methyl/N-ethyl adjacent to an activating group) is 1. The second kappa shape index (κ2) is 7.27. The minimum Gasteiger partial charge on any atom is -0.309 e. The number of nitrogens with zero attached hydrogens (tertiary/aromatic N) is 1. The van der Waals surface area contributed by atoms with Gasteiger partial charge in [0.05, 0.1) is 0 Å². The predicted molar refractivity (Wildman–Crippen MR) is 80.4 cm³/mol. The van der Waals surface area contributed by atoms with E-state index in [-0.39, 0.29) is 0 Å². The summed E-state index contributed by atoms with van der Waals surface area (Å²) in [6.45, 7) is 9.21. The Morgan fingerprint density at radius 3 is 3.06 bits per heavy atom. The first-order valence-electron chi connectivity index (χ1n) is 7.37. The van der Waals surface area contributed by atoms with Gasteiger partial charge in [-0.15, -0.1) is 11.3 Å². The van der Waals surface area contributed by atoms with Crippen LogP contribution >= 0.6 is 11.3 Å². The van der Waals surface area contributed by atoms with Gasteiger partial charge in [-0.3, -0.25) is 0 Å². The molecule has 2 nitrogen and oxygen atoms in total. The maximum atomic E-state index is 3.75. The van der Waals surface area contributed by atoms with E-state index in [2.05, 4.69) is 35.5 Å². The Labute approximate surface area is 115 Å². The average molecular weight is 266 g/mol. The largest absolute Gasteiger partial charge is 0.309 e. The third-order valence-electron chi connectivity index (χ3n) is 3.86. The molecule has 1 aliphatic carbocycles. The molecular weight excluding hydrogens is 240 g/mol. The molecule has 0 aliphatic heterocycles. The fourth-order valence-electron chi connectivity index (χ4n) is 2.84. The van der Waals surface area contributed by atoms with Gasteiger partial charge < -0.3 is 10.2 Å². The molecular formula is C15H26N2S. The van der Waals surface area contributed by atoms with Gasteiger partial charge in [0.2, 0.25) is 0 Å². The van der Waals surface area contributed by atoms with E-state index in [4.69, 9.17) is 0 Å². The van der Waals surface area contributed by atoms with Gasteiger partial charge in [0.25, 0.3) is 0 Å². The zero-order valence-corrected chi connectivity index (χ0v) is 12.6. The molecule has 1 aromatic rings. The molecule has 3 heteroatoms. The topological polar surface area (TPSA) is 15.3 Å². The highest BCUT2D eigenvalue weighted by atomic mass is 32.1. The van der Waals surface area contributed by atoms with E-state index >= 15 is 0 Å². The van der Waals surface area contributed by atoms with Gasteiger partial charge in [-0.25, -0.2) is 0 Å². The summed E-state index contributed by atoms with van der Waals surface area (Å²) in [6, 6.07) is 2.93. The maximum absolute atomic E-state index is 3.75. The highest BCUT2D eigenvalue weighted by Gasteiger charge is 2.20. The van der Waals surface area contributed by atoms with E-state index in [1.54, 1.807) is 10.4 Å². The number of nitrogens with one attached hydrogen (secondary N) is 1. The molecule has 0 fully saturated rings. The lowest BCUT2D eigenvalue weighted by atomic mass is 9.94. The predicted octanol–water partition coefficient (Wildman–Crippen LogP) is 3.45. The van der Waals surface area contributed by atoms with Gasteiger partial charge in [-0.05, 0) is 55.8 Å². The molecule has 0 saturated carbocycles. The molecule has 0 radical (unpaired) electrons. The summed E-state index contributed by atoms with van der Waals surface area (Å²) >= 11 is 1.93. The Morgan fingerprint density at radius 1 is 1.39 bits per heavy atom. The number of thiophene rings is 1. The molecule has 0 spiro atoms. The van der Waals surface area contributed by atoms with Gasteiger partial charge in [0.15, 0.2) is 0 Å². The van der Waals surface area contributed by atoms with Crippen LogP contribution in [0.1, 0.15) is 49.6 Å². The molecule has 0 saturated heterocycles. The van der Waals surface area contributed by atoms with E-state index in [0.29, 0.717) is 6.04 Å². The minimum absolute atomic E-state index is 0.611. The summed E-state index contributed by atoms with van der Waals surface area (Å²) in [5, 5.41) is 6.00. The molecule has 1 aromatic heterocycles. The summed E-state index contributed by atoms with van der Waals surface area (Å²) in [7, 11) is 0. The summed E-state index contributed by atoms with van der Waals surface area (Å²) in [4.78, 5) is 4.14. The Balaban J connectivity index is 1.78. The van der Waals surface area contributed by atoms with Crippen LogP contribution in [0.3, 0.4) is 0 Å². The summed E-state index contributed by atoms with van der Waals surface area (Å²) < 4.78 is 0. The molecule has 0 amide bonds. The van der Waals surface area contributed by atoms with E-state index in [1.807, 2.05) is 11.3 Å². The van der Waals surface area contributed by atoms with Gasteiger partial charge in [0.1, 0.15) is 0 Å². The van der Waals surface area contributed by atoms with E-state index < -0.39 is 0 Å². The molecule has 1 aliphatic rings. The first-order valence-corrected chi connectivity index (χ1v) is 8.25. The molecule has 102 valence electrons. The number of hydrogen-bond acceptors (Lipinski definition) is 3. The van der Waals surface area contributed by atoms with Gasteiger partial charge in [-0.2, -0.15) is 0 Å². The molecule has 0 bridgehead atoms. The number of aryl methyl sites for hydroxylation is 1. The number of rotatable bonds is 7. The maximum Gasteiger partial charge on any atom is 0.0331 e. The van der Waals surface area contributed by atoms with Crippen LogP contribution in [0.4, 0.5) is 0 Å². The van der Waals surface area contributed by atoms with Crippen LogP contribution in [0.25, 0.3) is 0 Å². The van der Waals surface area contributed by atoms with Crippen molar-refractivity contribution >= 4 is 11.3 Å². The van der Waals surface area contributed by atoms with Crippen LogP contribution in [0.2, 0.25) is 0 Å². The van der Waals surface area contributed by atoms with Crippen molar-refractivity contribution in [2.24, 2.45) is 0 Å². The summed E-state index contributed by atoms with van der Waals surface area (Å²) in [5.41, 5.74) is 1.57. The quantitative estimate of drug-likeness (QED) is 0.813. The fourth-order valence-corrected chi connectivity index (χ4v) is 3.83. The van der Waals surface area contributed by atoms with E-state index in [0.717, 1.165) is 6.54 Å². The fraction of sp³-hybridized carbons (Fsp3) is 0.733. The van der Waals surface area contributed by atoms with Crippen LogP contribution in [0.5, 0.6) is 0 Å². The molecule has 0 aromatic carbocycles. The molecule has 2 rings (SSSR count). The van der Waals surface area contributed by atoms with Crippen LogP contribution in [-0.2, 0) is 6.42 Å². The lowest BCUT2D eigenvalue weighted by Gasteiger charge is -2.26. The van der Waals surface area contributed by atoms with E-state index in [9.17, 15) is 0 Å². The number of fused-ring (bicyclic) bond motifs is 1. The lowest BCUT2D eigenvalue weighted by Crippen LogP contribution is -2.35. The SMILES string of the molecule is CCCN(CC)CCNC1CCCc2sccc21. The van der Waals surface area contributed by atoms with Crippen molar-refractivity contribution in [2.45, 2.75) is 45.6 Å². The number of hydrogen-bond donors (Lipinski definition) is 1. The third-order valence-corrected chi connectivity index (χ3v) is 4.85. The minimum atomic E-state index is 0.611. The highest BCUT2D eigenvalue weighted by Crippen LogP contribution is 2.32. The standard InChI is InChI=1S/C15H26N2S/c1-3-10-17(4-2)11-9-16-14-6-5-7-15-13(14)8-12-18-15/h8,12,14,16H,3-7,9-11H2,1-2H3. The van der Waals surface area contributed by atoms with Gasteiger partial charge >= 0.3 is 0 Å². The molecule has 1 atom stereocenters. The van der Waals surface area contributed by atoms with E-state index in [1.165, 1.54) is 45.3 Å². The zero-order chi connectivity index (χ0) is 12.8. The molecule has 1 N–H and O–H groups in total. The molecule has 1 unspecified atom stereocenters. The van der Waals surface area contributed by atoms with Crippen molar-refractivity contribution < 1.29 is 0 Å². The monoisotopic (exact) mass is 266 g/mol. The average Bonchev–Trinajstić information content (AvgIpc) is 2.86. The second-order valence-corrected chi connectivity index (χ2v) is 6.13. The molecule has 1 heterocycles. The van der Waals surface area contributed by atoms with Crippen molar-refractivity contribution in [2.75, 3.05) is 26.2 Å².